The fourth-order valence-electron chi connectivity index (χ4n) is 1.90. The summed E-state index contributed by atoms with van der Waals surface area (Å²) in [7, 11) is 3.60. The zero-order valence-corrected chi connectivity index (χ0v) is 10.1. The number of nitrogens with zero attached hydrogens (tertiary/aromatic N) is 2. The topological polar surface area (TPSA) is 54.5 Å². The molecule has 1 amide bonds. The van der Waals surface area contributed by atoms with Crippen LogP contribution in [-0.4, -0.2) is 49.1 Å². The third kappa shape index (κ3) is 2.55. The van der Waals surface area contributed by atoms with E-state index in [2.05, 4.69) is 10.3 Å². The van der Waals surface area contributed by atoms with Crippen molar-refractivity contribution < 1.29 is 9.53 Å². The predicted molar refractivity (Wildman–Crippen MR) is 65.1 cm³/mol. The molecule has 1 aliphatic heterocycles. The smallest absolute Gasteiger partial charge is 0.254 e. The Morgan fingerprint density at radius 2 is 2.47 bits per heavy atom. The van der Waals surface area contributed by atoms with Gasteiger partial charge in [-0.25, -0.2) is 4.98 Å². The van der Waals surface area contributed by atoms with Gasteiger partial charge in [-0.15, -0.1) is 0 Å². The van der Waals surface area contributed by atoms with Crippen LogP contribution in [0.1, 0.15) is 16.8 Å². The van der Waals surface area contributed by atoms with Gasteiger partial charge in [0.15, 0.2) is 0 Å². The number of carbonyl (C=O) groups is 1. The molecule has 1 unspecified atom stereocenters. The number of aromatic nitrogens is 1. The molecule has 1 N–H and O–H groups in total. The Kier molecular flexibility index (Phi) is 3.58. The average molecular weight is 235 g/mol. The molecule has 5 heteroatoms. The maximum Gasteiger partial charge on any atom is 0.254 e. The molecule has 5 nitrogen and oxygen atoms in total. The Morgan fingerprint density at radius 1 is 1.65 bits per heavy atom. The van der Waals surface area contributed by atoms with Crippen molar-refractivity contribution in [2.24, 2.45) is 0 Å². The van der Waals surface area contributed by atoms with E-state index in [1.54, 1.807) is 30.3 Å². The minimum absolute atomic E-state index is 0.0133. The molecule has 0 bridgehead atoms. The normalized spacial score (nSPS) is 19.1. The number of carbonyl (C=O) groups excluding carboxylic acids is 1. The summed E-state index contributed by atoms with van der Waals surface area (Å²) >= 11 is 0. The number of amides is 1. The first-order chi connectivity index (χ1) is 8.22. The monoisotopic (exact) mass is 235 g/mol. The molecular formula is C12H17N3O2. The third-order valence-corrected chi connectivity index (χ3v) is 3.04. The lowest BCUT2D eigenvalue weighted by Gasteiger charge is -2.23. The van der Waals surface area contributed by atoms with E-state index in [1.165, 1.54) is 0 Å². The fourth-order valence-corrected chi connectivity index (χ4v) is 1.90. The van der Waals surface area contributed by atoms with E-state index in [1.807, 2.05) is 7.05 Å². The SMILES string of the molecule is CNc1cc(C(=O)N(C)C2CCOC2)ccn1. The largest absolute Gasteiger partial charge is 0.379 e. The van der Waals surface area contributed by atoms with E-state index in [4.69, 9.17) is 4.74 Å². The van der Waals surface area contributed by atoms with Crippen molar-refractivity contribution in [3.63, 3.8) is 0 Å². The summed E-state index contributed by atoms with van der Waals surface area (Å²) in [6.07, 6.45) is 2.55. The second kappa shape index (κ2) is 5.14. The molecule has 1 aromatic rings. The Balaban J connectivity index is 2.12. The van der Waals surface area contributed by atoms with Crippen LogP contribution in [0.4, 0.5) is 5.82 Å². The predicted octanol–water partition coefficient (Wildman–Crippen LogP) is 0.984. The number of hydrogen-bond donors (Lipinski definition) is 1. The van der Waals surface area contributed by atoms with Crippen molar-refractivity contribution >= 4 is 11.7 Å². The van der Waals surface area contributed by atoms with Gasteiger partial charge in [0.05, 0.1) is 12.6 Å². The molecule has 2 heterocycles. The first-order valence-corrected chi connectivity index (χ1v) is 5.71. The highest BCUT2D eigenvalue weighted by atomic mass is 16.5. The molecule has 0 spiro atoms. The van der Waals surface area contributed by atoms with E-state index < -0.39 is 0 Å². The van der Waals surface area contributed by atoms with Gasteiger partial charge in [0.25, 0.3) is 5.91 Å². The maximum absolute atomic E-state index is 12.2. The van der Waals surface area contributed by atoms with Crippen molar-refractivity contribution in [3.8, 4) is 0 Å². The lowest BCUT2D eigenvalue weighted by Crippen LogP contribution is -2.37. The summed E-state index contributed by atoms with van der Waals surface area (Å²) in [6.45, 7) is 1.37. The zero-order chi connectivity index (χ0) is 12.3. The van der Waals surface area contributed by atoms with Gasteiger partial charge in [-0.2, -0.15) is 0 Å². The van der Waals surface area contributed by atoms with Crippen LogP contribution in [0.5, 0.6) is 0 Å². The molecule has 1 atom stereocenters. The molecule has 0 saturated carbocycles. The molecule has 1 fully saturated rings. The van der Waals surface area contributed by atoms with Crippen LogP contribution < -0.4 is 5.32 Å². The summed E-state index contributed by atoms with van der Waals surface area (Å²) in [4.78, 5) is 18.1. The van der Waals surface area contributed by atoms with Crippen LogP contribution >= 0.6 is 0 Å². The average Bonchev–Trinajstić information content (AvgIpc) is 2.91. The van der Waals surface area contributed by atoms with Gasteiger partial charge in [0.2, 0.25) is 0 Å². The quantitative estimate of drug-likeness (QED) is 0.848. The van der Waals surface area contributed by atoms with E-state index in [-0.39, 0.29) is 11.9 Å². The molecular weight excluding hydrogens is 218 g/mol. The van der Waals surface area contributed by atoms with Crippen LogP contribution in [0, 0.1) is 0 Å². The van der Waals surface area contributed by atoms with Crippen molar-refractivity contribution in [3.05, 3.63) is 23.9 Å². The van der Waals surface area contributed by atoms with Crippen LogP contribution in [0.25, 0.3) is 0 Å². The zero-order valence-electron chi connectivity index (χ0n) is 10.1. The number of hydrogen-bond acceptors (Lipinski definition) is 4. The standard InChI is InChI=1S/C12H17N3O2/c1-13-11-7-9(3-5-14-11)12(16)15(2)10-4-6-17-8-10/h3,5,7,10H,4,6,8H2,1-2H3,(H,13,14). The van der Waals surface area contributed by atoms with Gasteiger partial charge in [-0.1, -0.05) is 0 Å². The number of likely N-dealkylation sites (N-methyl/N-ethyl adjacent to an activating group) is 1. The molecule has 1 aliphatic rings. The summed E-state index contributed by atoms with van der Waals surface area (Å²) < 4.78 is 5.29. The minimum atomic E-state index is 0.0133. The molecule has 0 aliphatic carbocycles. The first-order valence-electron chi connectivity index (χ1n) is 5.71. The number of nitrogens with one attached hydrogen (secondary N) is 1. The highest BCUT2D eigenvalue weighted by Gasteiger charge is 2.24. The molecule has 1 saturated heterocycles. The first kappa shape index (κ1) is 11.9. The van der Waals surface area contributed by atoms with Crippen molar-refractivity contribution in [2.45, 2.75) is 12.5 Å². The van der Waals surface area contributed by atoms with E-state index in [0.29, 0.717) is 18.0 Å². The lowest BCUT2D eigenvalue weighted by molar-refractivity contribution is 0.0711. The number of pyridine rings is 1. The van der Waals surface area contributed by atoms with Gasteiger partial charge in [0.1, 0.15) is 5.82 Å². The number of rotatable bonds is 3. The van der Waals surface area contributed by atoms with Gasteiger partial charge in [-0.05, 0) is 18.6 Å². The molecule has 0 radical (unpaired) electrons. The highest BCUT2D eigenvalue weighted by Crippen LogP contribution is 2.15. The molecule has 92 valence electrons. The van der Waals surface area contributed by atoms with Crippen LogP contribution in [0.3, 0.4) is 0 Å². The van der Waals surface area contributed by atoms with E-state index >= 15 is 0 Å². The highest BCUT2D eigenvalue weighted by molar-refractivity contribution is 5.94. The number of anilines is 1. The number of ether oxygens (including phenoxy) is 1. The summed E-state index contributed by atoms with van der Waals surface area (Å²) in [6, 6.07) is 3.68. The minimum Gasteiger partial charge on any atom is -0.379 e. The Bertz CT molecular complexity index is 402. The summed E-state index contributed by atoms with van der Waals surface area (Å²) in [5.74, 6) is 0.714. The van der Waals surface area contributed by atoms with E-state index in [0.717, 1.165) is 13.0 Å². The van der Waals surface area contributed by atoms with Gasteiger partial charge >= 0.3 is 0 Å². The van der Waals surface area contributed by atoms with Crippen molar-refractivity contribution in [1.29, 1.82) is 0 Å². The van der Waals surface area contributed by atoms with E-state index in [9.17, 15) is 4.79 Å². The van der Waals surface area contributed by atoms with Crippen LogP contribution in [0.2, 0.25) is 0 Å². The Labute approximate surface area is 101 Å². The third-order valence-electron chi connectivity index (χ3n) is 3.04. The maximum atomic E-state index is 12.2. The van der Waals surface area contributed by atoms with Crippen LogP contribution in [0.15, 0.2) is 18.3 Å². The second-order valence-electron chi connectivity index (χ2n) is 4.11. The molecule has 1 aromatic heterocycles. The fraction of sp³-hybridized carbons (Fsp3) is 0.500. The molecule has 0 aromatic carbocycles. The van der Waals surface area contributed by atoms with Gasteiger partial charge < -0.3 is 15.0 Å². The Hall–Kier alpha value is -1.62. The Morgan fingerprint density at radius 3 is 3.12 bits per heavy atom. The summed E-state index contributed by atoms with van der Waals surface area (Å²) in [5.41, 5.74) is 0.652. The van der Waals surface area contributed by atoms with Crippen molar-refractivity contribution in [2.75, 3.05) is 32.6 Å². The molecule has 17 heavy (non-hydrogen) atoms. The van der Waals surface area contributed by atoms with Crippen molar-refractivity contribution in [1.82, 2.24) is 9.88 Å². The second-order valence-corrected chi connectivity index (χ2v) is 4.11. The van der Waals surface area contributed by atoms with Crippen LogP contribution in [-0.2, 0) is 4.74 Å². The summed E-state index contributed by atoms with van der Waals surface area (Å²) in [5, 5.41) is 2.92. The van der Waals surface area contributed by atoms with Gasteiger partial charge in [0, 0.05) is 32.5 Å². The lowest BCUT2D eigenvalue weighted by atomic mass is 10.2. The van der Waals surface area contributed by atoms with Gasteiger partial charge in [-0.3, -0.25) is 4.79 Å². The molecule has 2 rings (SSSR count).